The normalized spacial score (nSPS) is 25.3. The molecule has 19 heavy (non-hydrogen) atoms. The Morgan fingerprint density at radius 3 is 2.63 bits per heavy atom. The van der Waals surface area contributed by atoms with Crippen molar-refractivity contribution in [2.45, 2.75) is 25.4 Å². The van der Waals surface area contributed by atoms with Crippen LogP contribution < -0.4 is 20.5 Å². The summed E-state index contributed by atoms with van der Waals surface area (Å²) in [5.41, 5.74) is 7.50. The minimum atomic E-state index is -0.189. The lowest BCUT2D eigenvalue weighted by atomic mass is 10.1. The van der Waals surface area contributed by atoms with E-state index in [1.807, 2.05) is 6.07 Å². The van der Waals surface area contributed by atoms with E-state index in [0.717, 1.165) is 37.2 Å². The second-order valence-corrected chi connectivity index (χ2v) is 5.22. The molecule has 0 aromatic heterocycles. The van der Waals surface area contributed by atoms with Crippen molar-refractivity contribution < 1.29 is 14.6 Å². The Labute approximate surface area is 112 Å². The van der Waals surface area contributed by atoms with Gasteiger partial charge in [-0.05, 0) is 12.8 Å². The van der Waals surface area contributed by atoms with Crippen molar-refractivity contribution in [2.24, 2.45) is 5.92 Å². The van der Waals surface area contributed by atoms with Crippen LogP contribution in [0.5, 0.6) is 11.5 Å². The van der Waals surface area contributed by atoms with Gasteiger partial charge in [0.1, 0.15) is 13.2 Å². The fraction of sp³-hybridized carbons (Fsp3) is 0.571. The Morgan fingerprint density at radius 1 is 1.21 bits per heavy atom. The second-order valence-electron chi connectivity index (χ2n) is 5.22. The number of fused-ring (bicyclic) bond motifs is 1. The molecule has 104 valence electrons. The summed E-state index contributed by atoms with van der Waals surface area (Å²) in [4.78, 5) is 0. The largest absolute Gasteiger partial charge is 0.486 e. The molecule has 0 radical (unpaired) electrons. The first-order chi connectivity index (χ1) is 9.24. The number of hydrogen-bond donors (Lipinski definition) is 3. The molecule has 2 unspecified atom stereocenters. The Kier molecular flexibility index (Phi) is 3.38. The topological polar surface area (TPSA) is 76.7 Å². The highest BCUT2D eigenvalue weighted by molar-refractivity contribution is 5.72. The maximum atomic E-state index is 9.81. The standard InChI is InChI=1S/C14H20N2O3/c15-10-6-13-14(19-5-4-18-13)7-11(10)16-8-9-2-1-3-12(9)17/h6-7,9,12,16-17H,1-5,8,15H2. The summed E-state index contributed by atoms with van der Waals surface area (Å²) >= 11 is 0. The van der Waals surface area contributed by atoms with Crippen molar-refractivity contribution in [3.8, 4) is 11.5 Å². The van der Waals surface area contributed by atoms with Crippen molar-refractivity contribution in [1.29, 1.82) is 0 Å². The molecule has 2 aliphatic rings. The van der Waals surface area contributed by atoms with Gasteiger partial charge >= 0.3 is 0 Å². The summed E-state index contributed by atoms with van der Waals surface area (Å²) in [7, 11) is 0. The van der Waals surface area contributed by atoms with Crippen LogP contribution >= 0.6 is 0 Å². The van der Waals surface area contributed by atoms with Crippen molar-refractivity contribution in [3.63, 3.8) is 0 Å². The SMILES string of the molecule is Nc1cc2c(cc1NCC1CCCC1O)OCCO2. The van der Waals surface area contributed by atoms with Crippen molar-refractivity contribution in [3.05, 3.63) is 12.1 Å². The number of aliphatic hydroxyl groups excluding tert-OH is 1. The van der Waals surface area contributed by atoms with Crippen LogP contribution in [0, 0.1) is 5.92 Å². The minimum absolute atomic E-state index is 0.189. The molecule has 5 nitrogen and oxygen atoms in total. The van der Waals surface area contributed by atoms with Gasteiger partial charge in [0.15, 0.2) is 11.5 Å². The number of nitrogen functional groups attached to an aromatic ring is 1. The molecule has 1 aromatic carbocycles. The number of nitrogens with two attached hydrogens (primary N) is 1. The number of hydrogen-bond acceptors (Lipinski definition) is 5. The monoisotopic (exact) mass is 264 g/mol. The molecule has 2 atom stereocenters. The van der Waals surface area contributed by atoms with E-state index in [1.54, 1.807) is 6.07 Å². The maximum Gasteiger partial charge on any atom is 0.163 e. The third-order valence-corrected chi connectivity index (χ3v) is 3.89. The third-order valence-electron chi connectivity index (χ3n) is 3.89. The average Bonchev–Trinajstić information content (AvgIpc) is 2.82. The molecule has 0 amide bonds. The van der Waals surface area contributed by atoms with Gasteiger partial charge in [0.2, 0.25) is 0 Å². The number of benzene rings is 1. The van der Waals surface area contributed by atoms with Crippen LogP contribution in [0.4, 0.5) is 11.4 Å². The summed E-state index contributed by atoms with van der Waals surface area (Å²) in [6.07, 6.45) is 2.89. The maximum absolute atomic E-state index is 9.81. The zero-order valence-corrected chi connectivity index (χ0v) is 10.9. The number of rotatable bonds is 3. The van der Waals surface area contributed by atoms with E-state index < -0.39 is 0 Å². The molecule has 1 fully saturated rings. The van der Waals surface area contributed by atoms with E-state index in [-0.39, 0.29) is 6.10 Å². The lowest BCUT2D eigenvalue weighted by Gasteiger charge is -2.22. The Balaban J connectivity index is 1.70. The smallest absolute Gasteiger partial charge is 0.163 e. The van der Waals surface area contributed by atoms with Crippen LogP contribution in [0.15, 0.2) is 12.1 Å². The summed E-state index contributed by atoms with van der Waals surface area (Å²) in [5, 5.41) is 13.1. The molecular weight excluding hydrogens is 244 g/mol. The minimum Gasteiger partial charge on any atom is -0.486 e. The van der Waals surface area contributed by atoms with Gasteiger partial charge in [0.05, 0.1) is 17.5 Å². The van der Waals surface area contributed by atoms with Crippen LogP contribution in [0.1, 0.15) is 19.3 Å². The van der Waals surface area contributed by atoms with Gasteiger partial charge in [0, 0.05) is 24.6 Å². The zero-order valence-electron chi connectivity index (χ0n) is 10.9. The molecule has 1 aromatic rings. The van der Waals surface area contributed by atoms with Gasteiger partial charge in [0.25, 0.3) is 0 Å². The van der Waals surface area contributed by atoms with Gasteiger partial charge in [-0.3, -0.25) is 0 Å². The van der Waals surface area contributed by atoms with Crippen LogP contribution in [0.3, 0.4) is 0 Å². The van der Waals surface area contributed by atoms with Crippen LogP contribution in [-0.2, 0) is 0 Å². The molecule has 0 saturated heterocycles. The quantitative estimate of drug-likeness (QED) is 0.723. The van der Waals surface area contributed by atoms with Crippen molar-refractivity contribution in [2.75, 3.05) is 30.8 Å². The van der Waals surface area contributed by atoms with Gasteiger partial charge in [-0.25, -0.2) is 0 Å². The average molecular weight is 264 g/mol. The number of ether oxygens (including phenoxy) is 2. The lowest BCUT2D eigenvalue weighted by Crippen LogP contribution is -2.22. The Hall–Kier alpha value is -1.62. The van der Waals surface area contributed by atoms with E-state index in [0.29, 0.717) is 30.6 Å². The van der Waals surface area contributed by atoms with E-state index in [9.17, 15) is 5.11 Å². The number of aliphatic hydroxyl groups is 1. The van der Waals surface area contributed by atoms with Crippen LogP contribution in [0.25, 0.3) is 0 Å². The fourth-order valence-electron chi connectivity index (χ4n) is 2.75. The number of nitrogens with one attached hydrogen (secondary N) is 1. The molecule has 5 heteroatoms. The van der Waals surface area contributed by atoms with E-state index >= 15 is 0 Å². The predicted octanol–water partition coefficient (Wildman–Crippen LogP) is 1.61. The van der Waals surface area contributed by atoms with Gasteiger partial charge in [-0.2, -0.15) is 0 Å². The molecule has 1 aliphatic carbocycles. The fourth-order valence-corrected chi connectivity index (χ4v) is 2.75. The van der Waals surface area contributed by atoms with E-state index in [1.165, 1.54) is 0 Å². The molecule has 0 spiro atoms. The van der Waals surface area contributed by atoms with E-state index in [4.69, 9.17) is 15.2 Å². The highest BCUT2D eigenvalue weighted by Crippen LogP contribution is 2.37. The summed E-state index contributed by atoms with van der Waals surface area (Å²) < 4.78 is 11.0. The predicted molar refractivity (Wildman–Crippen MR) is 73.7 cm³/mol. The highest BCUT2D eigenvalue weighted by atomic mass is 16.6. The van der Waals surface area contributed by atoms with Crippen LogP contribution in [-0.4, -0.2) is 31.0 Å². The van der Waals surface area contributed by atoms with Gasteiger partial charge in [-0.15, -0.1) is 0 Å². The Morgan fingerprint density at radius 2 is 1.95 bits per heavy atom. The third kappa shape index (κ3) is 2.56. The van der Waals surface area contributed by atoms with Gasteiger partial charge in [-0.1, -0.05) is 6.42 Å². The number of anilines is 2. The second kappa shape index (κ2) is 5.17. The van der Waals surface area contributed by atoms with Crippen molar-refractivity contribution in [1.82, 2.24) is 0 Å². The van der Waals surface area contributed by atoms with Gasteiger partial charge < -0.3 is 25.6 Å². The van der Waals surface area contributed by atoms with Crippen molar-refractivity contribution >= 4 is 11.4 Å². The Bertz CT molecular complexity index is 464. The molecular formula is C14H20N2O3. The summed E-state index contributed by atoms with van der Waals surface area (Å²) in [6.45, 7) is 1.87. The summed E-state index contributed by atoms with van der Waals surface area (Å²) in [5.74, 6) is 1.75. The van der Waals surface area contributed by atoms with Crippen LogP contribution in [0.2, 0.25) is 0 Å². The zero-order chi connectivity index (χ0) is 13.2. The summed E-state index contributed by atoms with van der Waals surface area (Å²) in [6, 6.07) is 3.67. The first-order valence-electron chi connectivity index (χ1n) is 6.85. The first kappa shape index (κ1) is 12.4. The molecule has 0 bridgehead atoms. The molecule has 1 heterocycles. The molecule has 3 rings (SSSR count). The lowest BCUT2D eigenvalue weighted by molar-refractivity contribution is 0.138. The highest BCUT2D eigenvalue weighted by Gasteiger charge is 2.25. The first-order valence-corrected chi connectivity index (χ1v) is 6.85. The van der Waals surface area contributed by atoms with E-state index in [2.05, 4.69) is 5.32 Å². The molecule has 1 saturated carbocycles. The molecule has 1 aliphatic heterocycles. The molecule has 4 N–H and O–H groups in total.